The Morgan fingerprint density at radius 2 is 1.73 bits per heavy atom. The zero-order chi connectivity index (χ0) is 27.7. The quantitative estimate of drug-likeness (QED) is 0.331. The minimum absolute atomic E-state index is 0.00770. The monoisotopic (exact) mass is 590 g/mol. The molecule has 0 aromatic heterocycles. The van der Waals surface area contributed by atoms with Gasteiger partial charge in [-0.05, 0) is 53.0 Å². The number of ether oxygens (including phenoxy) is 1. The number of hydrogen-bond acceptors (Lipinski definition) is 4. The van der Waals surface area contributed by atoms with E-state index in [0.717, 1.165) is 41.9 Å². The molecular weight excluding hydrogens is 552 g/mol. The lowest BCUT2D eigenvalue weighted by Crippen LogP contribution is -2.32. The number of phenols is 1. The average molecular weight is 592 g/mol. The van der Waals surface area contributed by atoms with Crippen LogP contribution in [0.3, 0.4) is 0 Å². The second kappa shape index (κ2) is 11.4. The van der Waals surface area contributed by atoms with Crippen molar-refractivity contribution in [1.82, 2.24) is 4.90 Å². The van der Waals surface area contributed by atoms with Crippen molar-refractivity contribution in [2.75, 3.05) is 20.2 Å². The zero-order valence-corrected chi connectivity index (χ0v) is 25.6. The van der Waals surface area contributed by atoms with Gasteiger partial charge in [0.1, 0.15) is 17.3 Å². The summed E-state index contributed by atoms with van der Waals surface area (Å²) < 4.78 is 9.84. The highest BCUT2D eigenvalue weighted by atomic mass is 79.9. The molecule has 1 saturated heterocycles. The van der Waals surface area contributed by atoms with Crippen molar-refractivity contribution in [2.24, 2.45) is 9.94 Å². The smallest absolute Gasteiger partial charge is 0.182 e. The van der Waals surface area contributed by atoms with Gasteiger partial charge in [-0.1, -0.05) is 72.6 Å². The number of nitrogens with zero attached hydrogens (tertiary/aromatic N) is 2. The lowest BCUT2D eigenvalue weighted by molar-refractivity contribution is 0.0963. The van der Waals surface area contributed by atoms with Gasteiger partial charge in [-0.15, -0.1) is 0 Å². The molecule has 1 fully saturated rings. The van der Waals surface area contributed by atoms with Crippen molar-refractivity contribution in [2.45, 2.75) is 78.1 Å². The Morgan fingerprint density at radius 3 is 2.19 bits per heavy atom. The van der Waals surface area contributed by atoms with Gasteiger partial charge in [0.25, 0.3) is 0 Å². The molecule has 2 atom stereocenters. The first-order chi connectivity index (χ1) is 17.2. The molecule has 3 rings (SSSR count). The van der Waals surface area contributed by atoms with Gasteiger partial charge in [0, 0.05) is 29.2 Å². The number of rotatable bonds is 7. The molecular formula is C30H40BrClN2O3. The number of amidine groups is 1. The molecule has 0 unspecified atom stereocenters. The van der Waals surface area contributed by atoms with Gasteiger partial charge in [-0.3, -0.25) is 4.79 Å². The maximum absolute atomic E-state index is 13.7. The Bertz CT molecular complexity index is 1150. The molecule has 0 amide bonds. The van der Waals surface area contributed by atoms with Crippen molar-refractivity contribution in [1.29, 1.82) is 0 Å². The van der Waals surface area contributed by atoms with Crippen LogP contribution in [0.2, 0.25) is 5.02 Å². The third-order valence-corrected chi connectivity index (χ3v) is 7.85. The van der Waals surface area contributed by atoms with Gasteiger partial charge in [0.15, 0.2) is 5.78 Å². The number of Topliss-reactive ketones (excluding diaryl/α,β-unsaturated/α-hetero) is 1. The molecule has 0 spiro atoms. The van der Waals surface area contributed by atoms with E-state index < -0.39 is 0 Å². The van der Waals surface area contributed by atoms with E-state index in [1.807, 2.05) is 30.3 Å². The molecule has 1 heterocycles. The lowest BCUT2D eigenvalue weighted by atomic mass is 9.78. The molecule has 7 heteroatoms. The first-order valence-electron chi connectivity index (χ1n) is 12.9. The van der Waals surface area contributed by atoms with Crippen molar-refractivity contribution < 1.29 is 14.6 Å². The van der Waals surface area contributed by atoms with Gasteiger partial charge in [-0.2, -0.15) is 4.02 Å². The Kier molecular flexibility index (Phi) is 9.06. The van der Waals surface area contributed by atoms with Gasteiger partial charge < -0.3 is 14.7 Å². The maximum Gasteiger partial charge on any atom is 0.182 e. The Labute approximate surface area is 235 Å². The molecule has 2 aromatic carbocycles. The summed E-state index contributed by atoms with van der Waals surface area (Å²) in [6.45, 7) is 15.4. The summed E-state index contributed by atoms with van der Waals surface area (Å²) in [4.78, 5) is 15.8. The van der Waals surface area contributed by atoms with Crippen LogP contribution in [0.1, 0.15) is 94.3 Å². The Morgan fingerprint density at radius 1 is 1.14 bits per heavy atom. The van der Waals surface area contributed by atoms with E-state index in [4.69, 9.17) is 16.3 Å². The third-order valence-electron chi connectivity index (χ3n) is 7.19. The molecule has 0 radical (unpaired) electrons. The van der Waals surface area contributed by atoms with Gasteiger partial charge in [0.05, 0.1) is 34.8 Å². The van der Waals surface area contributed by atoms with Crippen LogP contribution in [0, 0.1) is 5.92 Å². The number of benzene rings is 2. The fourth-order valence-corrected chi connectivity index (χ4v) is 5.98. The predicted molar refractivity (Wildman–Crippen MR) is 157 cm³/mol. The van der Waals surface area contributed by atoms with Crippen LogP contribution in [-0.4, -0.2) is 41.8 Å². The maximum atomic E-state index is 13.7. The average Bonchev–Trinajstić information content (AvgIpc) is 3.14. The Hall–Kier alpha value is -2.05. The molecule has 0 bridgehead atoms. The SMILES string of the molecule is CCC[C@H]1CN(CC(=O)c2cc(C(C)(C)C)c(O)c(C(C)(C)C)c2)C(=NBr)[C@@H]1c1ccc(OC)c(Cl)c1. The normalized spacial score (nSPS) is 19.5. The minimum atomic E-state index is -0.304. The molecule has 37 heavy (non-hydrogen) atoms. The van der Waals surface area contributed by atoms with Crippen molar-refractivity contribution in [3.63, 3.8) is 0 Å². The van der Waals surface area contributed by atoms with E-state index >= 15 is 0 Å². The predicted octanol–water partition coefficient (Wildman–Crippen LogP) is 8.06. The van der Waals surface area contributed by atoms with Crippen LogP contribution in [0.25, 0.3) is 0 Å². The van der Waals surface area contributed by atoms with Crippen LogP contribution in [0.15, 0.2) is 34.4 Å². The fourth-order valence-electron chi connectivity index (χ4n) is 5.27. The first-order valence-corrected chi connectivity index (χ1v) is 14.0. The highest BCUT2D eigenvalue weighted by Crippen LogP contribution is 2.42. The number of ketones is 1. The molecule has 1 N–H and O–H groups in total. The van der Waals surface area contributed by atoms with Crippen LogP contribution >= 0.6 is 27.7 Å². The number of likely N-dealkylation sites (tertiary alicyclic amines) is 1. The number of phenolic OH excluding ortho intramolecular Hbond substituents is 1. The molecule has 1 aliphatic heterocycles. The minimum Gasteiger partial charge on any atom is -0.507 e. The molecule has 202 valence electrons. The summed E-state index contributed by atoms with van der Waals surface area (Å²) in [6.07, 6.45) is 2.04. The molecule has 0 aliphatic carbocycles. The molecule has 5 nitrogen and oxygen atoms in total. The first kappa shape index (κ1) is 29.5. The largest absolute Gasteiger partial charge is 0.507 e. The second-order valence-corrected chi connectivity index (χ2v) is 12.8. The number of methoxy groups -OCH3 is 1. The van der Waals surface area contributed by atoms with E-state index in [9.17, 15) is 9.90 Å². The fraction of sp³-hybridized carbons (Fsp3) is 0.533. The summed E-state index contributed by atoms with van der Waals surface area (Å²) in [5, 5.41) is 11.6. The van der Waals surface area contributed by atoms with Crippen LogP contribution in [0.5, 0.6) is 11.5 Å². The number of hydrogen-bond donors (Lipinski definition) is 1. The van der Waals surface area contributed by atoms with Crippen molar-refractivity contribution in [3.05, 3.63) is 57.6 Å². The lowest BCUT2D eigenvalue weighted by Gasteiger charge is -2.28. The van der Waals surface area contributed by atoms with Gasteiger partial charge >= 0.3 is 0 Å². The number of carbonyl (C=O) groups is 1. The van der Waals surface area contributed by atoms with Crippen LogP contribution in [-0.2, 0) is 10.8 Å². The van der Waals surface area contributed by atoms with E-state index in [-0.39, 0.29) is 34.8 Å². The van der Waals surface area contributed by atoms with E-state index in [0.29, 0.717) is 22.3 Å². The molecule has 1 aliphatic rings. The second-order valence-electron chi connectivity index (χ2n) is 12.1. The standard InChI is InChI=1S/C30H40BrClN2O3/c1-9-10-19-16-34(28(33-31)26(19)18-11-12-25(37-8)23(32)15-18)17-24(35)20-13-21(29(2,3)4)27(36)22(14-20)30(5,6)7/h11-15,19,26,36H,9-10,16-17H2,1-8H3/t19-,26+/m0/s1. The summed E-state index contributed by atoms with van der Waals surface area (Å²) in [5.41, 5.74) is 2.64. The number of carbonyl (C=O) groups excluding carboxylic acids is 1. The summed E-state index contributed by atoms with van der Waals surface area (Å²) in [7, 11) is 1.61. The Balaban J connectivity index is 1.99. The number of aromatic hydroxyl groups is 1. The highest BCUT2D eigenvalue weighted by molar-refractivity contribution is 9.08. The van der Waals surface area contributed by atoms with E-state index in [1.54, 1.807) is 7.11 Å². The van der Waals surface area contributed by atoms with E-state index in [1.165, 1.54) is 0 Å². The highest BCUT2D eigenvalue weighted by Gasteiger charge is 2.40. The topological polar surface area (TPSA) is 62.1 Å². The van der Waals surface area contributed by atoms with Crippen LogP contribution < -0.4 is 4.74 Å². The van der Waals surface area contributed by atoms with Gasteiger partial charge in [-0.25, -0.2) is 0 Å². The summed E-state index contributed by atoms with van der Waals surface area (Å²) in [5.74, 6) is 2.07. The molecule has 0 saturated carbocycles. The number of halogens is 2. The van der Waals surface area contributed by atoms with Gasteiger partial charge in [0.2, 0.25) is 0 Å². The van der Waals surface area contributed by atoms with Crippen molar-refractivity contribution >= 4 is 39.4 Å². The zero-order valence-electron chi connectivity index (χ0n) is 23.3. The van der Waals surface area contributed by atoms with Crippen molar-refractivity contribution in [3.8, 4) is 11.5 Å². The molecule has 2 aromatic rings. The third kappa shape index (κ3) is 6.34. The van der Waals surface area contributed by atoms with E-state index in [2.05, 4.69) is 73.5 Å². The van der Waals surface area contributed by atoms with Crippen LogP contribution in [0.4, 0.5) is 0 Å². The summed E-state index contributed by atoms with van der Waals surface area (Å²) >= 11 is 9.83. The summed E-state index contributed by atoms with van der Waals surface area (Å²) in [6, 6.07) is 9.59.